The Balaban J connectivity index is 1.72. The molecule has 0 atom stereocenters. The lowest BCUT2D eigenvalue weighted by Gasteiger charge is -2.08. The van der Waals surface area contributed by atoms with Gasteiger partial charge in [-0.15, -0.1) is 0 Å². The van der Waals surface area contributed by atoms with Gasteiger partial charge in [-0.1, -0.05) is 12.1 Å². The minimum atomic E-state index is -0.716. The third kappa shape index (κ3) is 6.23. The Bertz CT molecular complexity index is 708. The molecular formula is C16H13FINO4. The smallest absolute Gasteiger partial charge is 0.344 e. The van der Waals surface area contributed by atoms with E-state index < -0.39 is 30.9 Å². The summed E-state index contributed by atoms with van der Waals surface area (Å²) in [4.78, 5) is 23.2. The van der Waals surface area contributed by atoms with E-state index >= 15 is 0 Å². The number of hydrogen-bond acceptors (Lipinski definition) is 4. The van der Waals surface area contributed by atoms with E-state index in [1.807, 2.05) is 6.07 Å². The number of carbonyl (C=O) groups excluding carboxylic acids is 2. The van der Waals surface area contributed by atoms with Gasteiger partial charge in [-0.25, -0.2) is 9.18 Å². The van der Waals surface area contributed by atoms with Crippen LogP contribution in [0.5, 0.6) is 5.75 Å². The Hall–Kier alpha value is -2.16. The molecule has 0 bridgehead atoms. The lowest BCUT2D eigenvalue weighted by Crippen LogP contribution is -2.23. The number of amides is 1. The molecule has 2 rings (SSSR count). The third-order valence-corrected chi connectivity index (χ3v) is 3.30. The van der Waals surface area contributed by atoms with E-state index in [4.69, 9.17) is 9.47 Å². The monoisotopic (exact) mass is 429 g/mol. The van der Waals surface area contributed by atoms with Crippen molar-refractivity contribution in [2.45, 2.75) is 0 Å². The zero-order chi connectivity index (χ0) is 16.7. The molecule has 1 N–H and O–H groups in total. The minimum Gasteiger partial charge on any atom is -0.482 e. The summed E-state index contributed by atoms with van der Waals surface area (Å²) in [6, 6.07) is 12.6. The van der Waals surface area contributed by atoms with Crippen molar-refractivity contribution in [3.63, 3.8) is 0 Å². The molecule has 0 aliphatic rings. The van der Waals surface area contributed by atoms with Crippen LogP contribution in [0.2, 0.25) is 0 Å². The lowest BCUT2D eigenvalue weighted by atomic mass is 10.3. The Morgan fingerprint density at radius 3 is 2.61 bits per heavy atom. The zero-order valence-corrected chi connectivity index (χ0v) is 14.1. The first kappa shape index (κ1) is 17.2. The largest absolute Gasteiger partial charge is 0.482 e. The molecule has 0 saturated heterocycles. The van der Waals surface area contributed by atoms with E-state index in [0.717, 1.165) is 9.64 Å². The highest BCUT2D eigenvalue weighted by Crippen LogP contribution is 2.13. The molecule has 0 radical (unpaired) electrons. The van der Waals surface area contributed by atoms with Crippen molar-refractivity contribution >= 4 is 40.2 Å². The van der Waals surface area contributed by atoms with Crippen LogP contribution in [0.25, 0.3) is 0 Å². The van der Waals surface area contributed by atoms with Crippen LogP contribution in [0, 0.1) is 9.39 Å². The summed E-state index contributed by atoms with van der Waals surface area (Å²) in [6.45, 7) is -0.823. The molecule has 2 aromatic carbocycles. The van der Waals surface area contributed by atoms with Gasteiger partial charge < -0.3 is 14.8 Å². The highest BCUT2D eigenvalue weighted by atomic mass is 127. The Labute approximate surface area is 145 Å². The van der Waals surface area contributed by atoms with Gasteiger partial charge in [0.25, 0.3) is 5.91 Å². The van der Waals surface area contributed by atoms with Crippen molar-refractivity contribution in [1.82, 2.24) is 0 Å². The normalized spacial score (nSPS) is 10.0. The van der Waals surface area contributed by atoms with Gasteiger partial charge in [0.2, 0.25) is 0 Å². The van der Waals surface area contributed by atoms with Crippen LogP contribution in [0.4, 0.5) is 10.1 Å². The van der Waals surface area contributed by atoms with E-state index in [1.165, 1.54) is 18.2 Å². The number of ether oxygens (including phenoxy) is 2. The number of anilines is 1. The fourth-order valence-electron chi connectivity index (χ4n) is 1.65. The maximum atomic E-state index is 12.9. The molecule has 0 fully saturated rings. The van der Waals surface area contributed by atoms with Crippen LogP contribution < -0.4 is 10.1 Å². The van der Waals surface area contributed by atoms with Crippen LogP contribution in [0.1, 0.15) is 0 Å². The van der Waals surface area contributed by atoms with E-state index in [9.17, 15) is 14.0 Å². The zero-order valence-electron chi connectivity index (χ0n) is 11.9. The molecule has 2 aromatic rings. The summed E-state index contributed by atoms with van der Waals surface area (Å²) < 4.78 is 23.8. The second-order valence-electron chi connectivity index (χ2n) is 4.47. The molecule has 23 heavy (non-hydrogen) atoms. The number of benzene rings is 2. The molecule has 5 nitrogen and oxygen atoms in total. The molecular weight excluding hydrogens is 416 g/mol. The first-order chi connectivity index (χ1) is 11.0. The summed E-state index contributed by atoms with van der Waals surface area (Å²) in [6.07, 6.45) is 0. The Kier molecular flexibility index (Phi) is 6.33. The van der Waals surface area contributed by atoms with Crippen LogP contribution >= 0.6 is 22.6 Å². The van der Waals surface area contributed by atoms with Crippen molar-refractivity contribution < 1.29 is 23.5 Å². The van der Waals surface area contributed by atoms with Gasteiger partial charge >= 0.3 is 5.97 Å². The number of rotatable bonds is 6. The fourth-order valence-corrected chi connectivity index (χ4v) is 2.19. The van der Waals surface area contributed by atoms with Gasteiger partial charge in [0, 0.05) is 15.3 Å². The summed E-state index contributed by atoms with van der Waals surface area (Å²) in [5, 5.41) is 2.61. The average Bonchev–Trinajstić information content (AvgIpc) is 2.51. The molecule has 0 spiro atoms. The van der Waals surface area contributed by atoms with Crippen LogP contribution in [0.15, 0.2) is 48.5 Å². The molecule has 0 aliphatic carbocycles. The van der Waals surface area contributed by atoms with Crippen LogP contribution in [-0.2, 0) is 14.3 Å². The summed E-state index contributed by atoms with van der Waals surface area (Å²) in [5.74, 6) is -1.42. The number of carbonyl (C=O) groups is 2. The number of nitrogens with one attached hydrogen (secondary N) is 1. The molecule has 0 heterocycles. The van der Waals surface area contributed by atoms with Crippen molar-refractivity contribution in [3.05, 3.63) is 57.9 Å². The average molecular weight is 429 g/mol. The second-order valence-corrected chi connectivity index (χ2v) is 5.71. The van der Waals surface area contributed by atoms with E-state index in [0.29, 0.717) is 5.69 Å². The molecule has 120 valence electrons. The van der Waals surface area contributed by atoms with Crippen molar-refractivity contribution in [1.29, 1.82) is 0 Å². The van der Waals surface area contributed by atoms with Crippen LogP contribution in [0.3, 0.4) is 0 Å². The van der Waals surface area contributed by atoms with Crippen molar-refractivity contribution in [2.24, 2.45) is 0 Å². The molecule has 0 aromatic heterocycles. The first-order valence-electron chi connectivity index (χ1n) is 6.62. The highest BCUT2D eigenvalue weighted by molar-refractivity contribution is 14.1. The maximum Gasteiger partial charge on any atom is 0.344 e. The Morgan fingerprint density at radius 2 is 1.87 bits per heavy atom. The SMILES string of the molecule is O=C(COC(=O)COc1cccc(F)c1)Nc1cccc(I)c1. The van der Waals surface area contributed by atoms with Crippen molar-refractivity contribution in [3.8, 4) is 5.75 Å². The molecule has 0 unspecified atom stereocenters. The van der Waals surface area contributed by atoms with Gasteiger partial charge in [-0.2, -0.15) is 0 Å². The predicted molar refractivity (Wildman–Crippen MR) is 90.6 cm³/mol. The highest BCUT2D eigenvalue weighted by Gasteiger charge is 2.09. The summed E-state index contributed by atoms with van der Waals surface area (Å²) in [7, 11) is 0. The molecule has 1 amide bonds. The number of esters is 1. The summed E-state index contributed by atoms with van der Waals surface area (Å²) >= 11 is 2.12. The second kappa shape index (κ2) is 8.47. The molecule has 0 saturated carbocycles. The maximum absolute atomic E-state index is 12.9. The Morgan fingerprint density at radius 1 is 1.09 bits per heavy atom. The summed E-state index contributed by atoms with van der Waals surface area (Å²) in [5.41, 5.74) is 0.619. The predicted octanol–water partition coefficient (Wildman–Crippen LogP) is 2.99. The van der Waals surface area contributed by atoms with Crippen LogP contribution in [-0.4, -0.2) is 25.1 Å². The molecule has 7 heteroatoms. The number of halogens is 2. The van der Waals surface area contributed by atoms with E-state index in [1.54, 1.807) is 18.2 Å². The van der Waals surface area contributed by atoms with E-state index in [2.05, 4.69) is 27.9 Å². The lowest BCUT2D eigenvalue weighted by molar-refractivity contribution is -0.149. The van der Waals surface area contributed by atoms with Gasteiger partial charge in [0.15, 0.2) is 13.2 Å². The number of hydrogen-bond donors (Lipinski definition) is 1. The third-order valence-electron chi connectivity index (χ3n) is 2.63. The standard InChI is InChI=1S/C16H13FINO4/c17-11-3-1-6-14(7-11)22-10-16(21)23-9-15(20)19-13-5-2-4-12(18)8-13/h1-8H,9-10H2,(H,19,20). The quantitative estimate of drug-likeness (QED) is 0.567. The topological polar surface area (TPSA) is 64.6 Å². The van der Waals surface area contributed by atoms with Crippen molar-refractivity contribution in [2.75, 3.05) is 18.5 Å². The first-order valence-corrected chi connectivity index (χ1v) is 7.70. The van der Waals surface area contributed by atoms with E-state index in [-0.39, 0.29) is 5.75 Å². The fraction of sp³-hybridized carbons (Fsp3) is 0.125. The van der Waals surface area contributed by atoms with Gasteiger partial charge in [-0.3, -0.25) is 4.79 Å². The van der Waals surface area contributed by atoms with Gasteiger partial charge in [0.05, 0.1) is 0 Å². The van der Waals surface area contributed by atoms with Gasteiger partial charge in [-0.05, 0) is 52.9 Å². The van der Waals surface area contributed by atoms with Gasteiger partial charge in [0.1, 0.15) is 11.6 Å². The minimum absolute atomic E-state index is 0.213. The molecule has 0 aliphatic heterocycles.